The zero-order chi connectivity index (χ0) is 5.21. The molecular formula is H3NO4P+. The molecule has 6 heteroatoms. The predicted molar refractivity (Wildman–Crippen MR) is 19.4 cm³/mol. The van der Waals surface area contributed by atoms with Crippen molar-refractivity contribution in [3.8, 4) is 0 Å². The number of rotatable bonds is 1. The van der Waals surface area contributed by atoms with Crippen molar-refractivity contribution < 1.29 is 14.7 Å². The van der Waals surface area contributed by atoms with Crippen LogP contribution in [0.3, 0.4) is 0 Å². The van der Waals surface area contributed by atoms with Crippen LogP contribution in [0.1, 0.15) is 0 Å². The fourth-order valence-electron chi connectivity index (χ4n) is 0. The second-order valence-electron chi connectivity index (χ2n) is 0.618. The van der Waals surface area contributed by atoms with Gasteiger partial charge in [-0.25, -0.2) is 0 Å². The zero-order valence-electron chi connectivity index (χ0n) is 2.64. The Labute approximate surface area is 33.9 Å². The molecule has 0 aromatic rings. The molecule has 36 valence electrons. The molecule has 0 saturated heterocycles. The summed E-state index contributed by atoms with van der Waals surface area (Å²) in [5.41, 5.74) is 0. The molecule has 0 atom stereocenters. The van der Waals surface area contributed by atoms with E-state index in [0.29, 0.717) is 0 Å². The molecule has 0 bridgehead atoms. The monoisotopic (exact) mass is 112 g/mol. The van der Waals surface area contributed by atoms with Crippen LogP contribution in [0, 0.1) is 4.91 Å². The van der Waals surface area contributed by atoms with Gasteiger partial charge < -0.3 is 0 Å². The van der Waals surface area contributed by atoms with Gasteiger partial charge >= 0.3 is 8.09 Å². The predicted octanol–water partition coefficient (Wildman–Crippen LogP) is -0.593. The minimum absolute atomic E-state index is 1.55. The third-order valence-electron chi connectivity index (χ3n) is 0.110. The molecule has 0 saturated carbocycles. The summed E-state index contributed by atoms with van der Waals surface area (Å²) in [5, 5.41) is 0. The van der Waals surface area contributed by atoms with Crippen LogP contribution in [0.5, 0.6) is 0 Å². The lowest BCUT2D eigenvalue weighted by Gasteiger charge is -1.82. The number of nitrogens with zero attached hydrogens (tertiary/aromatic N) is 1. The summed E-state index contributed by atoms with van der Waals surface area (Å²) in [7, 11) is -4.33. The number of nitroso groups, excluding NO2 is 1. The maximum absolute atomic E-state index is 8.88. The molecule has 6 heavy (non-hydrogen) atoms. The summed E-state index contributed by atoms with van der Waals surface area (Å²) in [6, 6.07) is 0. The quantitative estimate of drug-likeness (QED) is 0.312. The molecular weight excluding hydrogens is 109 g/mol. The van der Waals surface area contributed by atoms with Crippen molar-refractivity contribution >= 4 is 8.09 Å². The van der Waals surface area contributed by atoms with Gasteiger partial charge in [0.2, 0.25) is 0 Å². The molecule has 5 nitrogen and oxygen atoms in total. The highest BCUT2D eigenvalue weighted by Crippen LogP contribution is 2.45. The normalized spacial score (nSPS) is 11.2. The van der Waals surface area contributed by atoms with E-state index < -0.39 is 8.09 Å². The van der Waals surface area contributed by atoms with Crippen molar-refractivity contribution in [2.24, 2.45) is 4.95 Å². The molecule has 0 rings (SSSR count). The first-order valence-corrected chi connectivity index (χ1v) is 2.58. The molecule has 0 radical (unpaired) electrons. The van der Waals surface area contributed by atoms with Gasteiger partial charge in [-0.15, -0.1) is 0 Å². The lowest BCUT2D eigenvalue weighted by atomic mass is 13.7. The van der Waals surface area contributed by atoms with Crippen LogP contribution in [0.4, 0.5) is 0 Å². The van der Waals surface area contributed by atoms with E-state index in [4.69, 9.17) is 19.6 Å². The fourth-order valence-corrected chi connectivity index (χ4v) is 0. The van der Waals surface area contributed by atoms with Gasteiger partial charge in [-0.05, 0) is 0 Å². The number of hydrogen-bond donors (Lipinski definition) is 3. The van der Waals surface area contributed by atoms with Crippen molar-refractivity contribution in [1.82, 2.24) is 0 Å². The van der Waals surface area contributed by atoms with Crippen molar-refractivity contribution in [1.29, 1.82) is 0 Å². The third-order valence-corrected chi connectivity index (χ3v) is 0.329. The Hall–Kier alpha value is -0.0900. The topological polar surface area (TPSA) is 90.1 Å². The van der Waals surface area contributed by atoms with Crippen LogP contribution in [-0.4, -0.2) is 14.7 Å². The zero-order valence-corrected chi connectivity index (χ0v) is 3.54. The van der Waals surface area contributed by atoms with E-state index >= 15 is 0 Å². The lowest BCUT2D eigenvalue weighted by molar-refractivity contribution is 0.332. The van der Waals surface area contributed by atoms with Gasteiger partial charge in [-0.2, -0.15) is 14.7 Å². The van der Waals surface area contributed by atoms with Crippen molar-refractivity contribution in [2.75, 3.05) is 0 Å². The molecule has 3 N–H and O–H groups in total. The fraction of sp³-hybridized carbons (Fsp3) is 0. The van der Waals surface area contributed by atoms with Gasteiger partial charge in [0.15, 0.2) is 4.95 Å². The van der Waals surface area contributed by atoms with E-state index in [1.54, 1.807) is 4.95 Å². The second-order valence-corrected chi connectivity index (χ2v) is 1.85. The van der Waals surface area contributed by atoms with Gasteiger partial charge in [0.05, 0.1) is 0 Å². The standard InChI is InChI=1S/H3NO4P/c2-1-6(3,4)5/h3-5H/q+1. The van der Waals surface area contributed by atoms with E-state index in [-0.39, 0.29) is 0 Å². The van der Waals surface area contributed by atoms with Gasteiger partial charge in [-0.3, -0.25) is 0 Å². The Morgan fingerprint density at radius 1 is 1.33 bits per heavy atom. The van der Waals surface area contributed by atoms with Crippen LogP contribution in [0.2, 0.25) is 0 Å². The minimum Gasteiger partial charge on any atom is -0.170 e. The Morgan fingerprint density at radius 3 is 1.50 bits per heavy atom. The minimum atomic E-state index is -4.33. The summed E-state index contributed by atoms with van der Waals surface area (Å²) < 4.78 is 0. The summed E-state index contributed by atoms with van der Waals surface area (Å²) in [4.78, 5) is 33.1. The molecule has 0 aliphatic carbocycles. The largest absolute Gasteiger partial charge is 0.586 e. The van der Waals surface area contributed by atoms with Crippen molar-refractivity contribution in [2.45, 2.75) is 0 Å². The molecule has 0 aromatic carbocycles. The summed E-state index contributed by atoms with van der Waals surface area (Å²) in [6.07, 6.45) is 0. The first-order chi connectivity index (χ1) is 2.56. The molecule has 0 heterocycles. The van der Waals surface area contributed by atoms with E-state index in [1.807, 2.05) is 0 Å². The Balaban J connectivity index is 3.45. The molecule has 0 fully saturated rings. The average Bonchev–Trinajstić information content (AvgIpc) is 1.35. The molecule has 0 amide bonds. The van der Waals surface area contributed by atoms with E-state index in [2.05, 4.69) is 0 Å². The third kappa shape index (κ3) is 3.91. The molecule has 0 aromatic heterocycles. The second kappa shape index (κ2) is 1.57. The van der Waals surface area contributed by atoms with Crippen molar-refractivity contribution in [3.63, 3.8) is 0 Å². The highest BCUT2D eigenvalue weighted by Gasteiger charge is 2.32. The van der Waals surface area contributed by atoms with Gasteiger partial charge in [0.1, 0.15) is 0 Å². The van der Waals surface area contributed by atoms with E-state index in [9.17, 15) is 0 Å². The molecule has 0 aliphatic heterocycles. The van der Waals surface area contributed by atoms with Crippen LogP contribution >= 0.6 is 8.09 Å². The lowest BCUT2D eigenvalue weighted by Crippen LogP contribution is -1.77. The highest BCUT2D eigenvalue weighted by molar-refractivity contribution is 7.56. The highest BCUT2D eigenvalue weighted by atomic mass is 31.2. The summed E-state index contributed by atoms with van der Waals surface area (Å²) >= 11 is 0. The van der Waals surface area contributed by atoms with Gasteiger partial charge in [-0.1, -0.05) is 4.91 Å². The Bertz CT molecular complexity index is 53.1. The van der Waals surface area contributed by atoms with Crippen LogP contribution in [0.25, 0.3) is 0 Å². The first kappa shape index (κ1) is 5.91. The maximum atomic E-state index is 8.88. The van der Waals surface area contributed by atoms with E-state index in [1.165, 1.54) is 0 Å². The van der Waals surface area contributed by atoms with Gasteiger partial charge in [0, 0.05) is 0 Å². The number of hydrogen-bond acceptors (Lipinski definition) is 5. The van der Waals surface area contributed by atoms with Crippen molar-refractivity contribution in [3.05, 3.63) is 4.91 Å². The maximum Gasteiger partial charge on any atom is 0.586 e. The van der Waals surface area contributed by atoms with Crippen LogP contribution in [0.15, 0.2) is 4.95 Å². The van der Waals surface area contributed by atoms with Crippen LogP contribution < -0.4 is 0 Å². The van der Waals surface area contributed by atoms with Crippen LogP contribution in [-0.2, 0) is 0 Å². The molecule has 0 aliphatic rings. The average molecular weight is 112 g/mol. The van der Waals surface area contributed by atoms with Gasteiger partial charge in [0.25, 0.3) is 0 Å². The molecule has 0 unspecified atom stereocenters. The SMILES string of the molecule is O=N[P+](O)(O)O. The summed E-state index contributed by atoms with van der Waals surface area (Å²) in [5.74, 6) is 0. The summed E-state index contributed by atoms with van der Waals surface area (Å²) in [6.45, 7) is 0. The Morgan fingerprint density at radius 2 is 1.50 bits per heavy atom. The van der Waals surface area contributed by atoms with E-state index in [0.717, 1.165) is 0 Å². The molecule has 0 spiro atoms. The Kier molecular flexibility index (Phi) is 1.55. The smallest absolute Gasteiger partial charge is 0.170 e. The first-order valence-electron chi connectivity index (χ1n) is 0.983.